The highest BCUT2D eigenvalue weighted by atomic mass is 16.5. The van der Waals surface area contributed by atoms with E-state index < -0.39 is 6.04 Å². The summed E-state index contributed by atoms with van der Waals surface area (Å²) in [6, 6.07) is 12.5. The monoisotopic (exact) mass is 493 g/mol. The zero-order valence-electron chi connectivity index (χ0n) is 21.4. The molecule has 1 amide bonds. The Bertz CT molecular complexity index is 1190. The van der Waals surface area contributed by atoms with Crippen molar-refractivity contribution in [2.75, 3.05) is 33.5 Å². The normalized spacial score (nSPS) is 15.0. The lowest BCUT2D eigenvalue weighted by Crippen LogP contribution is -2.31. The van der Waals surface area contributed by atoms with Crippen LogP contribution in [0, 0.1) is 5.92 Å². The largest absolute Gasteiger partial charge is 0.507 e. The Morgan fingerprint density at radius 1 is 1.11 bits per heavy atom. The number of aromatic nitrogens is 2. The van der Waals surface area contributed by atoms with Gasteiger partial charge < -0.3 is 24.2 Å². The number of hydrogen-bond donors (Lipinski definition) is 2. The van der Waals surface area contributed by atoms with Gasteiger partial charge in [-0.05, 0) is 55.5 Å². The van der Waals surface area contributed by atoms with Gasteiger partial charge in [0.15, 0.2) is 11.5 Å². The summed E-state index contributed by atoms with van der Waals surface area (Å²) in [6.07, 6.45) is 1.64. The predicted octanol–water partition coefficient (Wildman–Crippen LogP) is 5.19. The fraction of sp³-hybridized carbons (Fsp3) is 0.429. The van der Waals surface area contributed by atoms with Crippen LogP contribution in [-0.4, -0.2) is 59.6 Å². The van der Waals surface area contributed by atoms with Crippen molar-refractivity contribution < 1.29 is 24.1 Å². The lowest BCUT2D eigenvalue weighted by molar-refractivity contribution is 0.0723. The Morgan fingerprint density at radius 2 is 1.92 bits per heavy atom. The highest BCUT2D eigenvalue weighted by Gasteiger charge is 2.42. The molecule has 36 heavy (non-hydrogen) atoms. The summed E-state index contributed by atoms with van der Waals surface area (Å²) in [5.41, 5.74) is 3.20. The van der Waals surface area contributed by atoms with Gasteiger partial charge in [0.05, 0.1) is 19.3 Å². The summed E-state index contributed by atoms with van der Waals surface area (Å²) in [5.74, 6) is 1.85. The van der Waals surface area contributed by atoms with Crippen LogP contribution in [0.5, 0.6) is 17.2 Å². The number of phenols is 1. The molecule has 1 aliphatic heterocycles. The summed E-state index contributed by atoms with van der Waals surface area (Å²) in [5, 5.41) is 17.9. The molecule has 0 unspecified atom stereocenters. The first-order valence-electron chi connectivity index (χ1n) is 12.5. The lowest BCUT2D eigenvalue weighted by atomic mass is 9.95. The van der Waals surface area contributed by atoms with Crippen LogP contribution in [-0.2, 0) is 4.74 Å². The molecule has 4 rings (SSSR count). The number of carbonyl (C=O) groups excluding carboxylic acids is 1. The number of aromatic amines is 1. The third-order valence-corrected chi connectivity index (χ3v) is 6.31. The van der Waals surface area contributed by atoms with Crippen LogP contribution in [0.25, 0.3) is 11.3 Å². The summed E-state index contributed by atoms with van der Waals surface area (Å²) < 4.78 is 17.2. The third-order valence-electron chi connectivity index (χ3n) is 6.31. The average Bonchev–Trinajstić information content (AvgIpc) is 3.39. The van der Waals surface area contributed by atoms with Crippen LogP contribution in [0.1, 0.15) is 61.3 Å². The van der Waals surface area contributed by atoms with Gasteiger partial charge in [-0.15, -0.1) is 0 Å². The van der Waals surface area contributed by atoms with E-state index in [0.29, 0.717) is 67.2 Å². The fourth-order valence-corrected chi connectivity index (χ4v) is 4.52. The van der Waals surface area contributed by atoms with Crippen LogP contribution in [0.2, 0.25) is 0 Å². The zero-order valence-corrected chi connectivity index (χ0v) is 21.4. The second kappa shape index (κ2) is 11.5. The summed E-state index contributed by atoms with van der Waals surface area (Å²) >= 11 is 0. The van der Waals surface area contributed by atoms with Crippen LogP contribution >= 0.6 is 0 Å². The minimum Gasteiger partial charge on any atom is -0.507 e. The number of phenolic OH excluding ortho intramolecular Hbond substituents is 1. The Morgan fingerprint density at radius 3 is 2.64 bits per heavy atom. The van der Waals surface area contributed by atoms with Gasteiger partial charge in [-0.1, -0.05) is 32.0 Å². The molecule has 0 aliphatic carbocycles. The van der Waals surface area contributed by atoms with Crippen molar-refractivity contribution in [3.8, 4) is 28.5 Å². The van der Waals surface area contributed by atoms with Crippen molar-refractivity contribution in [2.45, 2.75) is 39.7 Å². The van der Waals surface area contributed by atoms with E-state index in [1.54, 1.807) is 25.3 Å². The Labute approximate surface area is 212 Å². The number of amides is 1. The average molecular weight is 494 g/mol. The van der Waals surface area contributed by atoms with Gasteiger partial charge in [0.25, 0.3) is 5.91 Å². The van der Waals surface area contributed by atoms with Crippen molar-refractivity contribution in [3.05, 3.63) is 59.3 Å². The minimum atomic E-state index is -0.401. The number of para-hydroxylation sites is 1. The van der Waals surface area contributed by atoms with Crippen LogP contribution in [0.15, 0.2) is 42.5 Å². The van der Waals surface area contributed by atoms with Crippen molar-refractivity contribution in [2.24, 2.45) is 5.92 Å². The molecule has 192 valence electrons. The molecule has 0 radical (unpaired) electrons. The van der Waals surface area contributed by atoms with Crippen LogP contribution < -0.4 is 9.47 Å². The highest BCUT2D eigenvalue weighted by molar-refractivity contribution is 6.00. The number of methoxy groups -OCH3 is 1. The molecule has 8 heteroatoms. The third kappa shape index (κ3) is 5.18. The molecule has 0 fully saturated rings. The van der Waals surface area contributed by atoms with E-state index in [9.17, 15) is 9.90 Å². The standard InChI is InChI=1S/C28H35N3O5/c1-5-35-23-17-19(11-12-22(23)36-16-13-18(2)3)27-24-25(20-9-6-7-10-21(20)32)29-30-26(24)28(33)31(27)14-8-15-34-4/h6-7,9-12,17-18,27,32H,5,8,13-16H2,1-4H3,(H,29,30)/t27-/m0/s1. The van der Waals surface area contributed by atoms with Crippen molar-refractivity contribution >= 4 is 5.91 Å². The molecule has 2 aromatic carbocycles. The number of ether oxygens (including phenoxy) is 3. The van der Waals surface area contributed by atoms with Gasteiger partial charge >= 0.3 is 0 Å². The Balaban J connectivity index is 1.77. The van der Waals surface area contributed by atoms with E-state index in [0.717, 1.165) is 17.5 Å². The SMILES string of the molecule is CCOc1cc([C@H]2c3c(-c4ccccc4O)n[nH]c3C(=O)N2CCCOC)ccc1OCCC(C)C. The maximum Gasteiger partial charge on any atom is 0.273 e. The molecule has 0 bridgehead atoms. The Kier molecular flexibility index (Phi) is 8.15. The van der Waals surface area contributed by atoms with E-state index >= 15 is 0 Å². The molecule has 3 aromatic rings. The molecule has 0 saturated heterocycles. The number of benzene rings is 2. The number of nitrogens with one attached hydrogen (secondary N) is 1. The van der Waals surface area contributed by atoms with Gasteiger partial charge in [-0.25, -0.2) is 0 Å². The molecular formula is C28H35N3O5. The molecular weight excluding hydrogens is 458 g/mol. The number of hydrogen-bond acceptors (Lipinski definition) is 6. The molecule has 8 nitrogen and oxygen atoms in total. The number of carbonyl (C=O) groups is 1. The fourth-order valence-electron chi connectivity index (χ4n) is 4.52. The van der Waals surface area contributed by atoms with E-state index in [2.05, 4.69) is 24.0 Å². The first-order valence-corrected chi connectivity index (χ1v) is 12.5. The van der Waals surface area contributed by atoms with Gasteiger partial charge in [-0.3, -0.25) is 9.89 Å². The maximum absolute atomic E-state index is 13.5. The van der Waals surface area contributed by atoms with Crippen LogP contribution in [0.3, 0.4) is 0 Å². The lowest BCUT2D eigenvalue weighted by Gasteiger charge is -2.27. The second-order valence-corrected chi connectivity index (χ2v) is 9.30. The van der Waals surface area contributed by atoms with E-state index in [1.807, 2.05) is 36.1 Å². The number of fused-ring (bicyclic) bond motifs is 1. The topological polar surface area (TPSA) is 96.9 Å². The van der Waals surface area contributed by atoms with Crippen molar-refractivity contribution in [1.29, 1.82) is 0 Å². The smallest absolute Gasteiger partial charge is 0.273 e. The summed E-state index contributed by atoms with van der Waals surface area (Å²) in [6.45, 7) is 8.41. The number of rotatable bonds is 12. The number of H-pyrrole nitrogens is 1. The molecule has 0 saturated carbocycles. The maximum atomic E-state index is 13.5. The van der Waals surface area contributed by atoms with E-state index in [4.69, 9.17) is 14.2 Å². The van der Waals surface area contributed by atoms with Crippen molar-refractivity contribution in [1.82, 2.24) is 15.1 Å². The molecule has 2 N–H and O–H groups in total. The van der Waals surface area contributed by atoms with Gasteiger partial charge in [0, 0.05) is 31.4 Å². The van der Waals surface area contributed by atoms with Gasteiger partial charge in [-0.2, -0.15) is 5.10 Å². The predicted molar refractivity (Wildman–Crippen MR) is 138 cm³/mol. The van der Waals surface area contributed by atoms with Crippen molar-refractivity contribution in [3.63, 3.8) is 0 Å². The molecule has 1 aromatic heterocycles. The molecule has 1 atom stereocenters. The molecule has 0 spiro atoms. The summed E-state index contributed by atoms with van der Waals surface area (Å²) in [7, 11) is 1.65. The van der Waals surface area contributed by atoms with E-state index in [-0.39, 0.29) is 11.7 Å². The van der Waals surface area contributed by atoms with Gasteiger partial charge in [0.2, 0.25) is 0 Å². The number of nitrogens with zero attached hydrogens (tertiary/aromatic N) is 2. The Hall–Kier alpha value is -3.52. The summed E-state index contributed by atoms with van der Waals surface area (Å²) in [4.78, 5) is 15.3. The first-order chi connectivity index (χ1) is 17.5. The quantitative estimate of drug-likeness (QED) is 0.337. The highest BCUT2D eigenvalue weighted by Crippen LogP contribution is 2.45. The van der Waals surface area contributed by atoms with E-state index in [1.165, 1.54) is 0 Å². The minimum absolute atomic E-state index is 0.111. The van der Waals surface area contributed by atoms with Crippen LogP contribution in [0.4, 0.5) is 0 Å². The first kappa shape index (κ1) is 25.6. The number of aromatic hydroxyl groups is 1. The zero-order chi connectivity index (χ0) is 25.7. The molecule has 2 heterocycles. The van der Waals surface area contributed by atoms with Gasteiger partial charge in [0.1, 0.15) is 17.1 Å². The second-order valence-electron chi connectivity index (χ2n) is 9.30. The molecule has 1 aliphatic rings.